The first-order valence-electron chi connectivity index (χ1n) is 6.70. The van der Waals surface area contributed by atoms with E-state index in [0.29, 0.717) is 0 Å². The molecule has 2 heterocycles. The van der Waals surface area contributed by atoms with Crippen molar-refractivity contribution in [2.45, 2.75) is 20.3 Å². The predicted molar refractivity (Wildman–Crippen MR) is 79.1 cm³/mol. The van der Waals surface area contributed by atoms with E-state index in [9.17, 15) is 0 Å². The lowest BCUT2D eigenvalue weighted by Crippen LogP contribution is -2.00. The number of aryl methyl sites for hydroxylation is 2. The first-order valence-corrected chi connectivity index (χ1v) is 6.70. The van der Waals surface area contributed by atoms with Crippen molar-refractivity contribution in [3.8, 4) is 17.0 Å². The molecule has 4 nitrogen and oxygen atoms in total. The quantitative estimate of drug-likeness (QED) is 0.731. The summed E-state index contributed by atoms with van der Waals surface area (Å²) in [4.78, 5) is 8.77. The van der Waals surface area contributed by atoms with Gasteiger partial charge in [-0.1, -0.05) is 6.92 Å². The maximum Gasteiger partial charge on any atom is 0.155 e. The highest BCUT2D eigenvalue weighted by molar-refractivity contribution is 5.69. The van der Waals surface area contributed by atoms with E-state index in [0.717, 1.165) is 29.2 Å². The molecule has 102 valence electrons. The molecule has 0 aliphatic heterocycles. The van der Waals surface area contributed by atoms with E-state index in [2.05, 4.69) is 33.4 Å². The first-order chi connectivity index (χ1) is 9.74. The Morgan fingerprint density at radius 2 is 2.10 bits per heavy atom. The van der Waals surface area contributed by atoms with Crippen LogP contribution in [-0.4, -0.2) is 21.5 Å². The second-order valence-electron chi connectivity index (χ2n) is 4.72. The number of imidazole rings is 1. The van der Waals surface area contributed by atoms with Gasteiger partial charge in [0.25, 0.3) is 0 Å². The van der Waals surface area contributed by atoms with E-state index in [1.165, 1.54) is 11.1 Å². The van der Waals surface area contributed by atoms with Gasteiger partial charge in [-0.25, -0.2) is 4.98 Å². The van der Waals surface area contributed by atoms with Crippen molar-refractivity contribution in [3.63, 3.8) is 0 Å². The fraction of sp³-hybridized carbons (Fsp3) is 0.250. The molecule has 0 atom stereocenters. The maximum absolute atomic E-state index is 5.32. The van der Waals surface area contributed by atoms with Gasteiger partial charge in [-0.2, -0.15) is 0 Å². The van der Waals surface area contributed by atoms with Crippen LogP contribution < -0.4 is 4.74 Å². The van der Waals surface area contributed by atoms with Crippen molar-refractivity contribution in [1.82, 2.24) is 14.4 Å². The molecule has 4 heteroatoms. The van der Waals surface area contributed by atoms with E-state index >= 15 is 0 Å². The smallest absolute Gasteiger partial charge is 0.155 e. The summed E-state index contributed by atoms with van der Waals surface area (Å²) >= 11 is 0. The van der Waals surface area contributed by atoms with Gasteiger partial charge in [-0.3, -0.25) is 9.38 Å². The molecule has 0 radical (unpaired) electrons. The molecule has 0 fully saturated rings. The van der Waals surface area contributed by atoms with Crippen LogP contribution in [0.4, 0.5) is 0 Å². The highest BCUT2D eigenvalue weighted by Gasteiger charge is 2.13. The van der Waals surface area contributed by atoms with Gasteiger partial charge < -0.3 is 4.74 Å². The minimum absolute atomic E-state index is 0.864. The molecule has 0 saturated carbocycles. The Labute approximate surface area is 118 Å². The molecule has 3 aromatic rings. The van der Waals surface area contributed by atoms with Gasteiger partial charge in [0, 0.05) is 18.0 Å². The van der Waals surface area contributed by atoms with E-state index in [4.69, 9.17) is 4.74 Å². The standard InChI is InChI=1S/C16H17N3O/c1-4-12-9-13(20-3)5-6-14(12)16-11(2)18-10-15-17-7-8-19(15)16/h5-10H,4H2,1-3H3. The van der Waals surface area contributed by atoms with Crippen molar-refractivity contribution in [1.29, 1.82) is 0 Å². The van der Waals surface area contributed by atoms with Gasteiger partial charge in [0.1, 0.15) is 5.75 Å². The van der Waals surface area contributed by atoms with Crippen molar-refractivity contribution in [2.75, 3.05) is 7.11 Å². The monoisotopic (exact) mass is 267 g/mol. The van der Waals surface area contributed by atoms with Gasteiger partial charge in [0.05, 0.1) is 24.7 Å². The lowest BCUT2D eigenvalue weighted by atomic mass is 10.0. The van der Waals surface area contributed by atoms with Crippen LogP contribution in [-0.2, 0) is 6.42 Å². The third-order valence-electron chi connectivity index (χ3n) is 3.58. The van der Waals surface area contributed by atoms with Crippen LogP contribution >= 0.6 is 0 Å². The zero-order valence-electron chi connectivity index (χ0n) is 11.9. The van der Waals surface area contributed by atoms with E-state index in [-0.39, 0.29) is 0 Å². The zero-order chi connectivity index (χ0) is 14.1. The predicted octanol–water partition coefficient (Wildman–Crippen LogP) is 3.28. The summed E-state index contributed by atoms with van der Waals surface area (Å²) in [5.41, 5.74) is 5.38. The minimum atomic E-state index is 0.864. The molecule has 0 spiro atoms. The molecule has 1 aromatic carbocycles. The number of benzene rings is 1. The number of hydrogen-bond acceptors (Lipinski definition) is 3. The molecule has 0 saturated heterocycles. The van der Waals surface area contributed by atoms with Crippen molar-refractivity contribution < 1.29 is 4.74 Å². The number of hydrogen-bond donors (Lipinski definition) is 0. The number of aromatic nitrogens is 3. The van der Waals surface area contributed by atoms with E-state index in [1.54, 1.807) is 19.5 Å². The summed E-state index contributed by atoms with van der Waals surface area (Å²) in [6.45, 7) is 4.17. The van der Waals surface area contributed by atoms with Gasteiger partial charge in [-0.05, 0) is 37.1 Å². The zero-order valence-corrected chi connectivity index (χ0v) is 11.9. The maximum atomic E-state index is 5.32. The van der Waals surface area contributed by atoms with Crippen LogP contribution in [0.2, 0.25) is 0 Å². The van der Waals surface area contributed by atoms with Crippen LogP contribution in [0.5, 0.6) is 5.75 Å². The van der Waals surface area contributed by atoms with Crippen LogP contribution in [0.3, 0.4) is 0 Å². The number of ether oxygens (including phenoxy) is 1. The Morgan fingerprint density at radius 3 is 2.85 bits per heavy atom. The van der Waals surface area contributed by atoms with E-state index < -0.39 is 0 Å². The number of nitrogens with zero attached hydrogens (tertiary/aromatic N) is 3. The molecule has 0 amide bonds. The van der Waals surface area contributed by atoms with Crippen LogP contribution in [0.1, 0.15) is 18.2 Å². The molecule has 3 rings (SSSR count). The number of fused-ring (bicyclic) bond motifs is 1. The molecular formula is C16H17N3O. The SMILES string of the molecule is CCc1cc(OC)ccc1-c1c(C)ncc2nccn12. The molecular weight excluding hydrogens is 250 g/mol. The fourth-order valence-corrected chi connectivity index (χ4v) is 2.53. The van der Waals surface area contributed by atoms with E-state index in [1.807, 2.05) is 19.2 Å². The lowest BCUT2D eigenvalue weighted by molar-refractivity contribution is 0.414. The molecule has 0 aliphatic carbocycles. The first kappa shape index (κ1) is 12.7. The van der Waals surface area contributed by atoms with Gasteiger partial charge >= 0.3 is 0 Å². The number of rotatable bonds is 3. The lowest BCUT2D eigenvalue weighted by Gasteiger charge is -2.14. The van der Waals surface area contributed by atoms with Gasteiger partial charge in [0.2, 0.25) is 0 Å². The molecule has 0 aliphatic rings. The third kappa shape index (κ3) is 1.93. The summed E-state index contributed by atoms with van der Waals surface area (Å²) < 4.78 is 7.40. The fourth-order valence-electron chi connectivity index (χ4n) is 2.53. The van der Waals surface area contributed by atoms with Crippen LogP contribution in [0.15, 0.2) is 36.8 Å². The highest BCUT2D eigenvalue weighted by Crippen LogP contribution is 2.29. The van der Waals surface area contributed by atoms with Crippen molar-refractivity contribution in [2.24, 2.45) is 0 Å². The summed E-state index contributed by atoms with van der Waals surface area (Å²) in [6.07, 6.45) is 6.52. The second kappa shape index (κ2) is 4.96. The molecule has 0 N–H and O–H groups in total. The van der Waals surface area contributed by atoms with Gasteiger partial charge in [0.15, 0.2) is 5.65 Å². The van der Waals surface area contributed by atoms with Crippen molar-refractivity contribution >= 4 is 5.65 Å². The Morgan fingerprint density at radius 1 is 1.25 bits per heavy atom. The molecule has 20 heavy (non-hydrogen) atoms. The number of methoxy groups -OCH3 is 1. The van der Waals surface area contributed by atoms with Crippen molar-refractivity contribution in [3.05, 3.63) is 48.0 Å². The van der Waals surface area contributed by atoms with Crippen LogP contribution in [0, 0.1) is 6.92 Å². The van der Waals surface area contributed by atoms with Gasteiger partial charge in [-0.15, -0.1) is 0 Å². The summed E-state index contributed by atoms with van der Waals surface area (Å²) in [5, 5.41) is 0. The Bertz CT molecular complexity index is 762. The van der Waals surface area contributed by atoms with Crippen LogP contribution in [0.25, 0.3) is 16.9 Å². The minimum Gasteiger partial charge on any atom is -0.497 e. The highest BCUT2D eigenvalue weighted by atomic mass is 16.5. The molecule has 0 bridgehead atoms. The summed E-state index contributed by atoms with van der Waals surface area (Å²) in [5.74, 6) is 0.883. The average Bonchev–Trinajstić information content (AvgIpc) is 2.95. The average molecular weight is 267 g/mol. The third-order valence-corrected chi connectivity index (χ3v) is 3.58. The second-order valence-corrected chi connectivity index (χ2v) is 4.72. The molecule has 0 unspecified atom stereocenters. The normalized spacial score (nSPS) is 10.9. The Hall–Kier alpha value is -2.36. The summed E-state index contributed by atoms with van der Waals surface area (Å²) in [7, 11) is 1.69. The Kier molecular flexibility index (Phi) is 3.14. The topological polar surface area (TPSA) is 39.4 Å². The largest absolute Gasteiger partial charge is 0.497 e. The Balaban J connectivity index is 2.30. The molecule has 2 aromatic heterocycles. The summed E-state index contributed by atoms with van der Waals surface area (Å²) in [6, 6.07) is 6.18.